The zero-order valence-corrected chi connectivity index (χ0v) is 17.7. The predicted molar refractivity (Wildman–Crippen MR) is 123 cm³/mol. The number of phenols is 1. The molecule has 0 atom stereocenters. The number of esters is 1. The fourth-order valence-electron chi connectivity index (χ4n) is 3.14. The Hall–Kier alpha value is -4.66. The monoisotopic (exact) mass is 443 g/mol. The van der Waals surface area contributed by atoms with Crippen LogP contribution in [-0.2, 0) is 11.3 Å². The van der Waals surface area contributed by atoms with Gasteiger partial charge < -0.3 is 20.5 Å². The van der Waals surface area contributed by atoms with Crippen LogP contribution in [0.5, 0.6) is 5.75 Å². The minimum atomic E-state index is -0.539. The van der Waals surface area contributed by atoms with E-state index in [9.17, 15) is 14.7 Å². The van der Waals surface area contributed by atoms with Crippen LogP contribution in [0.15, 0.2) is 79.0 Å². The Balaban J connectivity index is 1.49. The predicted octanol–water partition coefficient (Wildman–Crippen LogP) is 3.62. The van der Waals surface area contributed by atoms with Crippen LogP contribution in [0.4, 0.5) is 11.4 Å². The molecule has 0 unspecified atom stereocenters. The van der Waals surface area contributed by atoms with Crippen LogP contribution >= 0.6 is 0 Å². The van der Waals surface area contributed by atoms with Crippen molar-refractivity contribution in [3.63, 3.8) is 0 Å². The van der Waals surface area contributed by atoms with Crippen LogP contribution in [0, 0.1) is 0 Å². The number of phenolic OH excluding ortho intramolecular Hbond substituents is 1. The third-order valence-electron chi connectivity index (χ3n) is 4.82. The number of anilines is 2. The topological polar surface area (TPSA) is 118 Å². The lowest BCUT2D eigenvalue weighted by Crippen LogP contribution is -2.13. The molecule has 33 heavy (non-hydrogen) atoms. The Kier molecular flexibility index (Phi) is 6.31. The summed E-state index contributed by atoms with van der Waals surface area (Å²) in [6.07, 6.45) is 1.74. The van der Waals surface area contributed by atoms with Crippen molar-refractivity contribution in [2.75, 3.05) is 17.7 Å². The summed E-state index contributed by atoms with van der Waals surface area (Å²) in [5.41, 5.74) is 2.97. The number of nitrogens with one attached hydrogen (secondary N) is 2. The van der Waals surface area contributed by atoms with E-state index in [-0.39, 0.29) is 11.3 Å². The Bertz CT molecular complexity index is 1290. The molecule has 0 saturated heterocycles. The van der Waals surface area contributed by atoms with Gasteiger partial charge in [-0.25, -0.2) is 9.48 Å². The van der Waals surface area contributed by atoms with Crippen LogP contribution in [0.25, 0.3) is 5.69 Å². The minimum absolute atomic E-state index is 0.0513. The summed E-state index contributed by atoms with van der Waals surface area (Å²) in [6.45, 7) is 0.478. The molecule has 0 aliphatic heterocycles. The standard InChI is InChI=1S/C24H21N5O4/c1-33-24(32)16-6-5-9-18(12-16)26-23(31)21-13-20(10-11-22(21)30)29-15-19(27-28-29)14-25-17-7-3-2-4-8-17/h2-13,15,25,30H,14H2,1H3,(H,26,31). The Morgan fingerprint density at radius 3 is 2.58 bits per heavy atom. The van der Waals surface area contributed by atoms with Crippen molar-refractivity contribution in [3.8, 4) is 11.4 Å². The molecule has 9 heteroatoms. The molecule has 0 spiro atoms. The van der Waals surface area contributed by atoms with Crippen LogP contribution in [0.1, 0.15) is 26.4 Å². The molecular formula is C24H21N5O4. The molecule has 4 aromatic rings. The number of amides is 1. The molecule has 1 aromatic heterocycles. The van der Waals surface area contributed by atoms with Gasteiger partial charge in [0.15, 0.2) is 0 Å². The second-order valence-corrected chi connectivity index (χ2v) is 7.10. The highest BCUT2D eigenvalue weighted by molar-refractivity contribution is 6.07. The van der Waals surface area contributed by atoms with E-state index in [1.165, 1.54) is 30.0 Å². The van der Waals surface area contributed by atoms with Gasteiger partial charge >= 0.3 is 5.97 Å². The smallest absolute Gasteiger partial charge is 0.337 e. The van der Waals surface area contributed by atoms with Gasteiger partial charge in [-0.3, -0.25) is 4.79 Å². The van der Waals surface area contributed by atoms with Crippen LogP contribution < -0.4 is 10.6 Å². The molecule has 1 heterocycles. The van der Waals surface area contributed by atoms with E-state index in [1.54, 1.807) is 30.5 Å². The van der Waals surface area contributed by atoms with Gasteiger partial charge in [0.05, 0.1) is 36.7 Å². The summed E-state index contributed by atoms with van der Waals surface area (Å²) in [6, 6.07) is 20.6. The molecule has 166 valence electrons. The number of aromatic nitrogens is 3. The van der Waals surface area contributed by atoms with Crippen molar-refractivity contribution in [1.29, 1.82) is 0 Å². The van der Waals surface area contributed by atoms with Crippen LogP contribution in [0.2, 0.25) is 0 Å². The number of nitrogens with zero attached hydrogens (tertiary/aromatic N) is 3. The van der Waals surface area contributed by atoms with E-state index in [1.807, 2.05) is 30.3 Å². The van der Waals surface area contributed by atoms with Crippen LogP contribution in [0.3, 0.4) is 0 Å². The molecule has 1 amide bonds. The molecule has 0 radical (unpaired) electrons. The lowest BCUT2D eigenvalue weighted by atomic mass is 10.1. The Morgan fingerprint density at radius 2 is 1.79 bits per heavy atom. The first-order valence-corrected chi connectivity index (χ1v) is 10.1. The number of aromatic hydroxyl groups is 1. The van der Waals surface area contributed by atoms with Crippen molar-refractivity contribution in [1.82, 2.24) is 15.0 Å². The zero-order valence-electron chi connectivity index (χ0n) is 17.7. The largest absolute Gasteiger partial charge is 0.507 e. The fourth-order valence-corrected chi connectivity index (χ4v) is 3.14. The van der Waals surface area contributed by atoms with Gasteiger partial charge in [-0.05, 0) is 48.5 Å². The van der Waals surface area contributed by atoms with Gasteiger partial charge in [0.2, 0.25) is 0 Å². The Morgan fingerprint density at radius 1 is 1.00 bits per heavy atom. The van der Waals surface area contributed by atoms with E-state index >= 15 is 0 Å². The number of benzene rings is 3. The van der Waals surface area contributed by atoms with Crippen molar-refractivity contribution in [2.45, 2.75) is 6.54 Å². The number of carbonyl (C=O) groups is 2. The van der Waals surface area contributed by atoms with Gasteiger partial charge in [0.25, 0.3) is 5.91 Å². The highest BCUT2D eigenvalue weighted by Crippen LogP contribution is 2.23. The summed E-state index contributed by atoms with van der Waals surface area (Å²) in [5, 5.41) is 24.4. The minimum Gasteiger partial charge on any atom is -0.507 e. The lowest BCUT2D eigenvalue weighted by Gasteiger charge is -2.10. The third-order valence-corrected chi connectivity index (χ3v) is 4.82. The molecule has 3 aromatic carbocycles. The molecule has 9 nitrogen and oxygen atoms in total. The highest BCUT2D eigenvalue weighted by atomic mass is 16.5. The van der Waals surface area contributed by atoms with Gasteiger partial charge in [0.1, 0.15) is 11.4 Å². The average molecular weight is 443 g/mol. The third kappa shape index (κ3) is 5.16. The lowest BCUT2D eigenvalue weighted by molar-refractivity contribution is 0.0600. The van der Waals surface area contributed by atoms with Gasteiger partial charge in [-0.1, -0.05) is 29.5 Å². The van der Waals surface area contributed by atoms with Crippen molar-refractivity contribution in [3.05, 3.63) is 95.8 Å². The molecule has 0 bridgehead atoms. The SMILES string of the molecule is COC(=O)c1cccc(NC(=O)c2cc(-n3cc(CNc4ccccc4)nn3)ccc2O)c1. The van der Waals surface area contributed by atoms with E-state index in [0.717, 1.165) is 5.69 Å². The number of ether oxygens (including phenoxy) is 1. The van der Waals surface area contributed by atoms with E-state index in [2.05, 4.69) is 20.9 Å². The van der Waals surface area contributed by atoms with E-state index in [4.69, 9.17) is 4.74 Å². The number of carbonyl (C=O) groups excluding carboxylic acids is 2. The number of hydrogen-bond acceptors (Lipinski definition) is 7. The zero-order chi connectivity index (χ0) is 23.2. The average Bonchev–Trinajstić information content (AvgIpc) is 3.32. The Labute approximate surface area is 189 Å². The summed E-state index contributed by atoms with van der Waals surface area (Å²) in [4.78, 5) is 24.5. The second kappa shape index (κ2) is 9.65. The molecule has 3 N–H and O–H groups in total. The van der Waals surface area contributed by atoms with Crippen molar-refractivity contribution in [2.24, 2.45) is 0 Å². The quantitative estimate of drug-likeness (QED) is 0.373. The molecule has 4 rings (SSSR count). The first-order chi connectivity index (χ1) is 16.0. The number of methoxy groups -OCH3 is 1. The molecular weight excluding hydrogens is 422 g/mol. The second-order valence-electron chi connectivity index (χ2n) is 7.10. The van der Waals surface area contributed by atoms with Crippen LogP contribution in [-0.4, -0.2) is 39.1 Å². The molecule has 0 fully saturated rings. The fraction of sp³-hybridized carbons (Fsp3) is 0.0833. The first kappa shape index (κ1) is 21.6. The summed E-state index contributed by atoms with van der Waals surface area (Å²) in [5.74, 6) is -1.24. The molecule has 0 saturated carbocycles. The maximum absolute atomic E-state index is 12.8. The van der Waals surface area contributed by atoms with Gasteiger partial charge in [0, 0.05) is 11.4 Å². The van der Waals surface area contributed by atoms with Gasteiger partial charge in [-0.15, -0.1) is 5.10 Å². The number of hydrogen-bond donors (Lipinski definition) is 3. The highest BCUT2D eigenvalue weighted by Gasteiger charge is 2.15. The maximum Gasteiger partial charge on any atom is 0.337 e. The summed E-state index contributed by atoms with van der Waals surface area (Å²) < 4.78 is 6.22. The maximum atomic E-state index is 12.8. The summed E-state index contributed by atoms with van der Waals surface area (Å²) >= 11 is 0. The van der Waals surface area contributed by atoms with E-state index in [0.29, 0.717) is 29.2 Å². The van der Waals surface area contributed by atoms with Gasteiger partial charge in [-0.2, -0.15) is 0 Å². The number of para-hydroxylation sites is 1. The normalized spacial score (nSPS) is 10.5. The van der Waals surface area contributed by atoms with E-state index < -0.39 is 11.9 Å². The first-order valence-electron chi connectivity index (χ1n) is 10.1. The number of rotatable bonds is 7. The molecule has 0 aliphatic rings. The van der Waals surface area contributed by atoms with Crippen molar-refractivity contribution < 1.29 is 19.4 Å². The van der Waals surface area contributed by atoms with Crippen molar-refractivity contribution >= 4 is 23.3 Å². The molecule has 0 aliphatic carbocycles. The summed E-state index contributed by atoms with van der Waals surface area (Å²) in [7, 11) is 1.28.